The van der Waals surface area contributed by atoms with Gasteiger partial charge in [-0.2, -0.15) is 5.10 Å². The van der Waals surface area contributed by atoms with Crippen LogP contribution < -0.4 is 5.32 Å². The standard InChI is InChI=1S/C21H33N5O.HI/c1-7-27-15-18-10-8-17(9-11-18)12-23-21(22-4)25(5)13-19-14-26(6)24-20(19)16(2)3;/h8-11,14,16H,7,12-13,15H2,1-6H3,(H,22,23);1H. The van der Waals surface area contributed by atoms with Gasteiger partial charge in [0.1, 0.15) is 0 Å². The fourth-order valence-electron chi connectivity index (χ4n) is 3.03. The lowest BCUT2D eigenvalue weighted by Crippen LogP contribution is -2.38. The lowest BCUT2D eigenvalue weighted by atomic mass is 10.1. The van der Waals surface area contributed by atoms with Crippen molar-refractivity contribution in [3.63, 3.8) is 0 Å². The van der Waals surface area contributed by atoms with E-state index in [2.05, 4.69) is 71.7 Å². The molecule has 0 bridgehead atoms. The molecule has 0 aliphatic carbocycles. The predicted octanol–water partition coefficient (Wildman–Crippen LogP) is 3.91. The number of aromatic nitrogens is 2. The molecule has 1 heterocycles. The number of rotatable bonds is 8. The highest BCUT2D eigenvalue weighted by atomic mass is 127. The van der Waals surface area contributed by atoms with Gasteiger partial charge >= 0.3 is 0 Å². The first kappa shape index (κ1) is 24.4. The van der Waals surface area contributed by atoms with Crippen LogP contribution in [0, 0.1) is 0 Å². The molecule has 7 heteroatoms. The molecule has 0 fully saturated rings. The minimum atomic E-state index is 0. The third-order valence-electron chi connectivity index (χ3n) is 4.41. The zero-order chi connectivity index (χ0) is 19.8. The minimum absolute atomic E-state index is 0. The van der Waals surface area contributed by atoms with Gasteiger partial charge in [-0.05, 0) is 24.0 Å². The Morgan fingerprint density at radius 1 is 1.25 bits per heavy atom. The lowest BCUT2D eigenvalue weighted by Gasteiger charge is -2.22. The van der Waals surface area contributed by atoms with Crippen molar-refractivity contribution in [1.82, 2.24) is 20.0 Å². The van der Waals surface area contributed by atoms with Crippen LogP contribution in [-0.4, -0.2) is 41.3 Å². The molecule has 0 amide bonds. The van der Waals surface area contributed by atoms with Gasteiger partial charge in [0, 0.05) is 52.6 Å². The number of nitrogens with zero attached hydrogens (tertiary/aromatic N) is 4. The molecule has 1 N–H and O–H groups in total. The van der Waals surface area contributed by atoms with E-state index in [4.69, 9.17) is 4.74 Å². The van der Waals surface area contributed by atoms with Crippen LogP contribution in [0.2, 0.25) is 0 Å². The van der Waals surface area contributed by atoms with Gasteiger partial charge in [0.2, 0.25) is 0 Å². The highest BCUT2D eigenvalue weighted by molar-refractivity contribution is 14.0. The monoisotopic (exact) mass is 499 g/mol. The second-order valence-corrected chi connectivity index (χ2v) is 7.08. The summed E-state index contributed by atoms with van der Waals surface area (Å²) in [4.78, 5) is 6.55. The summed E-state index contributed by atoms with van der Waals surface area (Å²) in [6.45, 7) is 9.27. The maximum absolute atomic E-state index is 5.44. The number of aryl methyl sites for hydroxylation is 1. The predicted molar refractivity (Wildman–Crippen MR) is 126 cm³/mol. The first-order valence-electron chi connectivity index (χ1n) is 9.54. The molecule has 2 aromatic rings. The first-order valence-corrected chi connectivity index (χ1v) is 9.54. The fourth-order valence-corrected chi connectivity index (χ4v) is 3.03. The fraction of sp³-hybridized carbons (Fsp3) is 0.524. The maximum Gasteiger partial charge on any atom is 0.193 e. The molecule has 6 nitrogen and oxygen atoms in total. The van der Waals surface area contributed by atoms with Crippen molar-refractivity contribution in [3.8, 4) is 0 Å². The Kier molecular flexibility index (Phi) is 10.5. The zero-order valence-corrected chi connectivity index (χ0v) is 20.2. The second-order valence-electron chi connectivity index (χ2n) is 7.08. The Labute approximate surface area is 186 Å². The van der Waals surface area contributed by atoms with E-state index in [9.17, 15) is 0 Å². The van der Waals surface area contributed by atoms with Gasteiger partial charge in [-0.1, -0.05) is 38.1 Å². The van der Waals surface area contributed by atoms with Crippen molar-refractivity contribution in [2.24, 2.45) is 12.0 Å². The SMILES string of the molecule is CCOCc1ccc(CNC(=NC)N(C)Cc2cn(C)nc2C(C)C)cc1.I. The van der Waals surface area contributed by atoms with Crippen LogP contribution in [0.5, 0.6) is 0 Å². The van der Waals surface area contributed by atoms with E-state index in [0.717, 1.165) is 31.3 Å². The van der Waals surface area contributed by atoms with E-state index in [1.807, 2.05) is 25.7 Å². The van der Waals surface area contributed by atoms with Crippen LogP contribution >= 0.6 is 24.0 Å². The molecule has 2 rings (SSSR count). The van der Waals surface area contributed by atoms with E-state index in [-0.39, 0.29) is 24.0 Å². The molecule has 0 atom stereocenters. The third-order valence-corrected chi connectivity index (χ3v) is 4.41. The van der Waals surface area contributed by atoms with Crippen molar-refractivity contribution in [2.45, 2.75) is 46.4 Å². The van der Waals surface area contributed by atoms with E-state index in [1.54, 1.807) is 0 Å². The second kappa shape index (κ2) is 12.1. The van der Waals surface area contributed by atoms with Gasteiger partial charge in [-0.15, -0.1) is 24.0 Å². The van der Waals surface area contributed by atoms with E-state index in [0.29, 0.717) is 12.5 Å². The molecule has 0 saturated carbocycles. The molecular weight excluding hydrogens is 465 g/mol. The van der Waals surface area contributed by atoms with Crippen molar-refractivity contribution in [1.29, 1.82) is 0 Å². The Morgan fingerprint density at radius 2 is 1.89 bits per heavy atom. The number of ether oxygens (including phenoxy) is 1. The molecule has 1 aromatic heterocycles. The molecule has 28 heavy (non-hydrogen) atoms. The Balaban J connectivity index is 0.00000392. The average molecular weight is 499 g/mol. The Morgan fingerprint density at radius 3 is 2.46 bits per heavy atom. The number of hydrogen-bond donors (Lipinski definition) is 1. The molecule has 0 saturated heterocycles. The molecular formula is C21H34IN5O. The normalized spacial score (nSPS) is 11.5. The molecule has 0 spiro atoms. The third kappa shape index (κ3) is 7.09. The van der Waals surface area contributed by atoms with Crippen LogP contribution in [-0.2, 0) is 31.5 Å². The zero-order valence-electron chi connectivity index (χ0n) is 17.9. The Hall–Kier alpha value is -1.61. The summed E-state index contributed by atoms with van der Waals surface area (Å²) in [5.41, 5.74) is 4.79. The number of aliphatic imine (C=N–C) groups is 1. The van der Waals surface area contributed by atoms with Gasteiger partial charge in [-0.3, -0.25) is 9.67 Å². The molecule has 156 valence electrons. The minimum Gasteiger partial charge on any atom is -0.377 e. The number of guanidine groups is 1. The van der Waals surface area contributed by atoms with Gasteiger partial charge in [0.15, 0.2) is 5.96 Å². The van der Waals surface area contributed by atoms with Gasteiger partial charge in [0.25, 0.3) is 0 Å². The lowest BCUT2D eigenvalue weighted by molar-refractivity contribution is 0.134. The summed E-state index contributed by atoms with van der Waals surface area (Å²) in [6, 6.07) is 8.49. The summed E-state index contributed by atoms with van der Waals surface area (Å²) >= 11 is 0. The molecule has 0 unspecified atom stereocenters. The number of benzene rings is 1. The topological polar surface area (TPSA) is 54.7 Å². The average Bonchev–Trinajstić information content (AvgIpc) is 3.02. The van der Waals surface area contributed by atoms with Crippen LogP contribution in [0.1, 0.15) is 49.1 Å². The van der Waals surface area contributed by atoms with Gasteiger partial charge in [-0.25, -0.2) is 0 Å². The molecule has 0 radical (unpaired) electrons. The molecule has 0 aliphatic heterocycles. The highest BCUT2D eigenvalue weighted by Gasteiger charge is 2.15. The molecule has 1 aromatic carbocycles. The van der Waals surface area contributed by atoms with Gasteiger partial charge < -0.3 is 15.0 Å². The van der Waals surface area contributed by atoms with Crippen molar-refractivity contribution in [3.05, 3.63) is 52.8 Å². The van der Waals surface area contributed by atoms with Crippen LogP contribution in [0.15, 0.2) is 35.5 Å². The summed E-state index contributed by atoms with van der Waals surface area (Å²) in [5.74, 6) is 1.27. The largest absolute Gasteiger partial charge is 0.377 e. The first-order chi connectivity index (χ1) is 12.9. The van der Waals surface area contributed by atoms with Crippen molar-refractivity contribution < 1.29 is 4.74 Å². The number of halogens is 1. The van der Waals surface area contributed by atoms with Crippen LogP contribution in [0.4, 0.5) is 0 Å². The van der Waals surface area contributed by atoms with E-state index < -0.39 is 0 Å². The maximum atomic E-state index is 5.44. The number of nitrogens with one attached hydrogen (secondary N) is 1. The summed E-state index contributed by atoms with van der Waals surface area (Å²) < 4.78 is 7.33. The summed E-state index contributed by atoms with van der Waals surface area (Å²) in [6.07, 6.45) is 2.09. The quantitative estimate of drug-likeness (QED) is 0.340. The van der Waals surface area contributed by atoms with Crippen molar-refractivity contribution >= 4 is 29.9 Å². The van der Waals surface area contributed by atoms with Crippen LogP contribution in [0.3, 0.4) is 0 Å². The smallest absolute Gasteiger partial charge is 0.193 e. The van der Waals surface area contributed by atoms with E-state index >= 15 is 0 Å². The van der Waals surface area contributed by atoms with Gasteiger partial charge in [0.05, 0.1) is 12.3 Å². The number of hydrogen-bond acceptors (Lipinski definition) is 3. The van der Waals surface area contributed by atoms with Crippen LogP contribution in [0.25, 0.3) is 0 Å². The Bertz CT molecular complexity index is 740. The molecule has 0 aliphatic rings. The van der Waals surface area contributed by atoms with Crippen molar-refractivity contribution in [2.75, 3.05) is 20.7 Å². The highest BCUT2D eigenvalue weighted by Crippen LogP contribution is 2.18. The summed E-state index contributed by atoms with van der Waals surface area (Å²) in [7, 11) is 5.84. The van der Waals surface area contributed by atoms with E-state index in [1.165, 1.54) is 16.7 Å². The summed E-state index contributed by atoms with van der Waals surface area (Å²) in [5, 5.41) is 8.03.